The van der Waals surface area contributed by atoms with Gasteiger partial charge in [-0.1, -0.05) is 6.07 Å². The van der Waals surface area contributed by atoms with Gasteiger partial charge in [0, 0.05) is 19.3 Å². The van der Waals surface area contributed by atoms with Gasteiger partial charge in [0.15, 0.2) is 11.6 Å². The molecule has 0 radical (unpaired) electrons. The minimum atomic E-state index is 0.274. The number of hydrogen-bond acceptors (Lipinski definition) is 5. The number of pyridine rings is 1. The van der Waals surface area contributed by atoms with Crippen molar-refractivity contribution < 1.29 is 4.74 Å². The molecule has 3 heterocycles. The average Bonchev–Trinajstić information content (AvgIpc) is 2.51. The van der Waals surface area contributed by atoms with E-state index in [0.717, 1.165) is 37.4 Å². The summed E-state index contributed by atoms with van der Waals surface area (Å²) in [6.45, 7) is 2.16. The van der Waals surface area contributed by atoms with Crippen molar-refractivity contribution in [3.05, 3.63) is 36.8 Å². The molecule has 20 heavy (non-hydrogen) atoms. The zero-order valence-electron chi connectivity index (χ0n) is 11.6. The predicted molar refractivity (Wildman–Crippen MR) is 76.4 cm³/mol. The monoisotopic (exact) mass is 270 g/mol. The van der Waals surface area contributed by atoms with Crippen LogP contribution >= 0.6 is 0 Å². The Morgan fingerprint density at radius 2 is 1.85 bits per heavy atom. The van der Waals surface area contributed by atoms with E-state index in [4.69, 9.17) is 4.74 Å². The number of piperidine rings is 1. The summed E-state index contributed by atoms with van der Waals surface area (Å²) in [5, 5.41) is 0. The van der Waals surface area contributed by atoms with Gasteiger partial charge < -0.3 is 9.64 Å². The highest BCUT2D eigenvalue weighted by molar-refractivity contribution is 5.48. The number of rotatable bonds is 3. The molecular weight excluding hydrogens is 252 g/mol. The number of likely N-dealkylation sites (tertiary alicyclic amines) is 1. The SMILES string of the molecule is CN1CCC(Oc2cnc(-c3ccccn3)nc2)CC1. The van der Waals surface area contributed by atoms with Crippen LogP contribution in [0.3, 0.4) is 0 Å². The van der Waals surface area contributed by atoms with E-state index in [1.165, 1.54) is 0 Å². The molecule has 0 amide bonds. The van der Waals surface area contributed by atoms with Crippen LogP contribution in [0.4, 0.5) is 0 Å². The molecule has 0 unspecified atom stereocenters. The lowest BCUT2D eigenvalue weighted by atomic mass is 10.1. The van der Waals surface area contributed by atoms with Crippen LogP contribution in [0, 0.1) is 0 Å². The molecule has 0 N–H and O–H groups in total. The standard InChI is InChI=1S/C15H18N4O/c1-19-8-5-12(6-9-19)20-13-10-17-15(18-11-13)14-4-2-3-7-16-14/h2-4,7,10-12H,5-6,8-9H2,1H3. The van der Waals surface area contributed by atoms with Gasteiger partial charge >= 0.3 is 0 Å². The molecule has 0 atom stereocenters. The lowest BCUT2D eigenvalue weighted by Crippen LogP contribution is -2.35. The topological polar surface area (TPSA) is 51.1 Å². The van der Waals surface area contributed by atoms with Crippen molar-refractivity contribution in [2.75, 3.05) is 20.1 Å². The Morgan fingerprint density at radius 1 is 1.10 bits per heavy atom. The smallest absolute Gasteiger partial charge is 0.178 e. The zero-order chi connectivity index (χ0) is 13.8. The third-order valence-corrected chi connectivity index (χ3v) is 3.49. The molecule has 5 nitrogen and oxygen atoms in total. The van der Waals surface area contributed by atoms with E-state index in [-0.39, 0.29) is 6.10 Å². The van der Waals surface area contributed by atoms with Crippen molar-refractivity contribution in [1.82, 2.24) is 19.9 Å². The van der Waals surface area contributed by atoms with Crippen LogP contribution in [0.5, 0.6) is 5.75 Å². The fourth-order valence-electron chi connectivity index (χ4n) is 2.30. The van der Waals surface area contributed by atoms with E-state index < -0.39 is 0 Å². The maximum absolute atomic E-state index is 5.92. The summed E-state index contributed by atoms with van der Waals surface area (Å²) in [4.78, 5) is 15.2. The Bertz CT molecular complexity index is 536. The second-order valence-corrected chi connectivity index (χ2v) is 5.08. The molecule has 2 aromatic rings. The van der Waals surface area contributed by atoms with E-state index in [1.54, 1.807) is 18.6 Å². The van der Waals surface area contributed by atoms with Crippen LogP contribution in [0.25, 0.3) is 11.5 Å². The highest BCUT2D eigenvalue weighted by Crippen LogP contribution is 2.18. The molecule has 0 bridgehead atoms. The Labute approximate surface area is 118 Å². The van der Waals surface area contributed by atoms with Gasteiger partial charge in [0.05, 0.1) is 12.4 Å². The third-order valence-electron chi connectivity index (χ3n) is 3.49. The van der Waals surface area contributed by atoms with E-state index in [0.29, 0.717) is 5.82 Å². The minimum Gasteiger partial charge on any atom is -0.487 e. The van der Waals surface area contributed by atoms with Crippen LogP contribution < -0.4 is 4.74 Å². The van der Waals surface area contributed by atoms with Crippen molar-refractivity contribution in [2.45, 2.75) is 18.9 Å². The van der Waals surface area contributed by atoms with Crippen LogP contribution in [0.2, 0.25) is 0 Å². The van der Waals surface area contributed by atoms with Gasteiger partial charge in [0.1, 0.15) is 11.8 Å². The molecule has 1 aliphatic rings. The number of hydrogen-bond donors (Lipinski definition) is 0. The molecule has 0 aromatic carbocycles. The van der Waals surface area contributed by atoms with E-state index >= 15 is 0 Å². The molecular formula is C15H18N4O. The lowest BCUT2D eigenvalue weighted by molar-refractivity contribution is 0.113. The van der Waals surface area contributed by atoms with Crippen molar-refractivity contribution in [3.8, 4) is 17.3 Å². The first-order chi connectivity index (χ1) is 9.81. The first-order valence-corrected chi connectivity index (χ1v) is 6.90. The highest BCUT2D eigenvalue weighted by atomic mass is 16.5. The Balaban J connectivity index is 1.65. The van der Waals surface area contributed by atoms with Crippen LogP contribution in [0.15, 0.2) is 36.8 Å². The van der Waals surface area contributed by atoms with Crippen molar-refractivity contribution in [1.29, 1.82) is 0 Å². The van der Waals surface area contributed by atoms with Gasteiger partial charge in [-0.25, -0.2) is 9.97 Å². The normalized spacial score (nSPS) is 17.1. The minimum absolute atomic E-state index is 0.274. The Kier molecular flexibility index (Phi) is 3.87. The molecule has 2 aromatic heterocycles. The lowest BCUT2D eigenvalue weighted by Gasteiger charge is -2.29. The Morgan fingerprint density at radius 3 is 2.50 bits per heavy atom. The first kappa shape index (κ1) is 13.0. The maximum Gasteiger partial charge on any atom is 0.178 e. The van der Waals surface area contributed by atoms with E-state index in [1.807, 2.05) is 18.2 Å². The summed E-state index contributed by atoms with van der Waals surface area (Å²) in [6, 6.07) is 5.70. The zero-order valence-corrected chi connectivity index (χ0v) is 11.6. The quantitative estimate of drug-likeness (QED) is 0.854. The van der Waals surface area contributed by atoms with E-state index in [9.17, 15) is 0 Å². The van der Waals surface area contributed by atoms with Crippen molar-refractivity contribution in [3.63, 3.8) is 0 Å². The van der Waals surface area contributed by atoms with Gasteiger partial charge in [-0.2, -0.15) is 0 Å². The molecule has 1 saturated heterocycles. The molecule has 0 spiro atoms. The maximum atomic E-state index is 5.92. The highest BCUT2D eigenvalue weighted by Gasteiger charge is 2.18. The molecule has 3 rings (SSSR count). The third kappa shape index (κ3) is 3.11. The summed E-state index contributed by atoms with van der Waals surface area (Å²) in [7, 11) is 2.14. The number of aromatic nitrogens is 3. The van der Waals surface area contributed by atoms with Gasteiger partial charge in [-0.3, -0.25) is 4.98 Å². The molecule has 104 valence electrons. The molecule has 5 heteroatoms. The second kappa shape index (κ2) is 5.96. The van der Waals surface area contributed by atoms with Crippen LogP contribution in [0.1, 0.15) is 12.8 Å². The summed E-state index contributed by atoms with van der Waals surface area (Å²) in [5.74, 6) is 1.36. The number of nitrogens with zero attached hydrogens (tertiary/aromatic N) is 4. The summed E-state index contributed by atoms with van der Waals surface area (Å²) >= 11 is 0. The van der Waals surface area contributed by atoms with Gasteiger partial charge in [0.2, 0.25) is 0 Å². The average molecular weight is 270 g/mol. The fraction of sp³-hybridized carbons (Fsp3) is 0.400. The van der Waals surface area contributed by atoms with Crippen LogP contribution in [-0.2, 0) is 0 Å². The molecule has 1 aliphatic heterocycles. The van der Waals surface area contributed by atoms with Crippen molar-refractivity contribution in [2.24, 2.45) is 0 Å². The van der Waals surface area contributed by atoms with Gasteiger partial charge in [-0.15, -0.1) is 0 Å². The van der Waals surface area contributed by atoms with Crippen LogP contribution in [-0.4, -0.2) is 46.1 Å². The molecule has 1 fully saturated rings. The van der Waals surface area contributed by atoms with E-state index in [2.05, 4.69) is 26.9 Å². The Hall–Kier alpha value is -2.01. The van der Waals surface area contributed by atoms with Crippen molar-refractivity contribution >= 4 is 0 Å². The first-order valence-electron chi connectivity index (χ1n) is 6.90. The molecule has 0 aliphatic carbocycles. The molecule has 0 saturated carbocycles. The predicted octanol–water partition coefficient (Wildman–Crippen LogP) is 2.01. The largest absolute Gasteiger partial charge is 0.487 e. The summed E-state index contributed by atoms with van der Waals surface area (Å²) in [5.41, 5.74) is 0.776. The second-order valence-electron chi connectivity index (χ2n) is 5.08. The van der Waals surface area contributed by atoms with Gasteiger partial charge in [0.25, 0.3) is 0 Å². The fourth-order valence-corrected chi connectivity index (χ4v) is 2.30. The van der Waals surface area contributed by atoms with Gasteiger partial charge in [-0.05, 0) is 32.0 Å². The summed E-state index contributed by atoms with van der Waals surface area (Å²) in [6.07, 6.45) is 7.58. The number of ether oxygens (including phenoxy) is 1. The summed E-state index contributed by atoms with van der Waals surface area (Å²) < 4.78 is 5.92.